The van der Waals surface area contributed by atoms with Crippen LogP contribution in [0.1, 0.15) is 40.2 Å². The molecule has 148 valence electrons. The lowest BCUT2D eigenvalue weighted by Crippen LogP contribution is -2.40. The SMILES string of the molecule is CSSC(C)(C)COC(=O)Nc1ccc(CO[Si](C)(C)C(C)(C)C)cc1. The topological polar surface area (TPSA) is 47.6 Å². The van der Waals surface area contributed by atoms with Crippen molar-refractivity contribution in [3.63, 3.8) is 0 Å². The monoisotopic (exact) mass is 415 g/mol. The van der Waals surface area contributed by atoms with E-state index in [1.165, 1.54) is 0 Å². The molecule has 1 aromatic rings. The highest BCUT2D eigenvalue weighted by molar-refractivity contribution is 8.76. The third-order valence-corrected chi connectivity index (χ3v) is 11.5. The molecule has 0 atom stereocenters. The van der Waals surface area contributed by atoms with E-state index in [2.05, 4.69) is 53.0 Å². The van der Waals surface area contributed by atoms with Crippen LogP contribution < -0.4 is 5.32 Å². The highest BCUT2D eigenvalue weighted by Gasteiger charge is 2.36. The molecule has 7 heteroatoms. The van der Waals surface area contributed by atoms with Crippen LogP contribution in [0.4, 0.5) is 10.5 Å². The summed E-state index contributed by atoms with van der Waals surface area (Å²) in [7, 11) is 1.61. The zero-order chi connectivity index (χ0) is 20.0. The van der Waals surface area contributed by atoms with Gasteiger partial charge in [-0.25, -0.2) is 4.79 Å². The summed E-state index contributed by atoms with van der Waals surface area (Å²) in [6.07, 6.45) is 1.59. The second-order valence-electron chi connectivity index (χ2n) is 8.46. The minimum absolute atomic E-state index is 0.109. The Kier molecular flexibility index (Phi) is 8.58. The number of rotatable bonds is 8. The summed E-state index contributed by atoms with van der Waals surface area (Å²) >= 11 is 0. The van der Waals surface area contributed by atoms with Gasteiger partial charge >= 0.3 is 6.09 Å². The molecule has 0 saturated heterocycles. The molecule has 0 spiro atoms. The first kappa shape index (κ1) is 23.4. The molecule has 0 saturated carbocycles. The second kappa shape index (κ2) is 9.53. The van der Waals surface area contributed by atoms with Gasteiger partial charge < -0.3 is 9.16 Å². The Morgan fingerprint density at radius 1 is 1.12 bits per heavy atom. The molecule has 0 aliphatic carbocycles. The lowest BCUT2D eigenvalue weighted by Gasteiger charge is -2.36. The summed E-state index contributed by atoms with van der Waals surface area (Å²) in [5.41, 5.74) is 1.83. The van der Waals surface area contributed by atoms with E-state index < -0.39 is 14.4 Å². The smallest absolute Gasteiger partial charge is 0.411 e. The molecular weight excluding hydrogens is 382 g/mol. The quantitative estimate of drug-likeness (QED) is 0.385. The van der Waals surface area contributed by atoms with Crippen LogP contribution in [-0.4, -0.2) is 32.0 Å². The number of benzene rings is 1. The Morgan fingerprint density at radius 2 is 1.69 bits per heavy atom. The molecule has 0 heterocycles. The fourth-order valence-electron chi connectivity index (χ4n) is 1.81. The van der Waals surface area contributed by atoms with E-state index in [0.29, 0.717) is 13.2 Å². The van der Waals surface area contributed by atoms with Crippen LogP contribution in [0.2, 0.25) is 18.1 Å². The molecule has 0 unspecified atom stereocenters. The van der Waals surface area contributed by atoms with E-state index >= 15 is 0 Å². The van der Waals surface area contributed by atoms with E-state index in [1.54, 1.807) is 21.6 Å². The van der Waals surface area contributed by atoms with Gasteiger partial charge in [0.1, 0.15) is 6.61 Å². The van der Waals surface area contributed by atoms with Crippen LogP contribution in [0.5, 0.6) is 0 Å². The Labute approximate surface area is 167 Å². The maximum Gasteiger partial charge on any atom is 0.411 e. The van der Waals surface area contributed by atoms with Crippen molar-refractivity contribution < 1.29 is 14.0 Å². The van der Waals surface area contributed by atoms with Gasteiger partial charge in [0.2, 0.25) is 0 Å². The number of carbonyl (C=O) groups excluding carboxylic acids is 1. The molecule has 0 radical (unpaired) electrons. The zero-order valence-corrected chi connectivity index (χ0v) is 19.9. The van der Waals surface area contributed by atoms with E-state index in [9.17, 15) is 4.79 Å². The van der Waals surface area contributed by atoms with Crippen LogP contribution in [0, 0.1) is 0 Å². The molecule has 1 amide bonds. The van der Waals surface area contributed by atoms with Crippen molar-refractivity contribution in [1.29, 1.82) is 0 Å². The Morgan fingerprint density at radius 3 is 2.19 bits per heavy atom. The first-order valence-electron chi connectivity index (χ1n) is 8.75. The molecule has 0 aromatic heterocycles. The third kappa shape index (κ3) is 7.94. The summed E-state index contributed by atoms with van der Waals surface area (Å²) in [6, 6.07) is 7.73. The molecule has 0 bridgehead atoms. The molecular formula is C19H33NO3S2Si. The van der Waals surface area contributed by atoms with Crippen LogP contribution >= 0.6 is 21.6 Å². The number of amides is 1. The lowest BCUT2D eigenvalue weighted by atomic mass is 10.2. The zero-order valence-electron chi connectivity index (χ0n) is 17.3. The van der Waals surface area contributed by atoms with E-state index in [4.69, 9.17) is 9.16 Å². The van der Waals surface area contributed by atoms with Gasteiger partial charge in [0.15, 0.2) is 8.32 Å². The largest absolute Gasteiger partial charge is 0.448 e. The number of hydrogen-bond donors (Lipinski definition) is 1. The number of carbonyl (C=O) groups is 1. The van der Waals surface area contributed by atoms with Crippen LogP contribution in [0.25, 0.3) is 0 Å². The van der Waals surface area contributed by atoms with Crippen molar-refractivity contribution >= 4 is 41.7 Å². The molecule has 0 aliphatic rings. The van der Waals surface area contributed by atoms with Gasteiger partial charge in [0.05, 0.1) is 11.4 Å². The fraction of sp³-hybridized carbons (Fsp3) is 0.632. The van der Waals surface area contributed by atoms with E-state index in [-0.39, 0.29) is 9.79 Å². The number of ether oxygens (including phenoxy) is 1. The number of hydrogen-bond acceptors (Lipinski definition) is 5. The minimum atomic E-state index is -1.76. The van der Waals surface area contributed by atoms with Gasteiger partial charge in [0, 0.05) is 5.69 Å². The van der Waals surface area contributed by atoms with Crippen molar-refractivity contribution in [2.75, 3.05) is 18.2 Å². The van der Waals surface area contributed by atoms with Crippen molar-refractivity contribution in [2.45, 2.75) is 64.1 Å². The van der Waals surface area contributed by atoms with Gasteiger partial charge in [-0.3, -0.25) is 5.32 Å². The molecule has 0 fully saturated rings. The highest BCUT2D eigenvalue weighted by atomic mass is 33.1. The van der Waals surface area contributed by atoms with Crippen molar-refractivity contribution in [3.05, 3.63) is 29.8 Å². The molecule has 1 N–H and O–H groups in total. The molecule has 1 rings (SSSR count). The van der Waals surface area contributed by atoms with Gasteiger partial charge in [-0.2, -0.15) is 0 Å². The van der Waals surface area contributed by atoms with Crippen LogP contribution in [-0.2, 0) is 15.8 Å². The lowest BCUT2D eigenvalue weighted by molar-refractivity contribution is 0.153. The molecule has 4 nitrogen and oxygen atoms in total. The minimum Gasteiger partial charge on any atom is -0.448 e. The maximum atomic E-state index is 11.9. The Balaban J connectivity index is 2.51. The van der Waals surface area contributed by atoms with Crippen molar-refractivity contribution in [1.82, 2.24) is 0 Å². The van der Waals surface area contributed by atoms with Crippen LogP contribution in [0.3, 0.4) is 0 Å². The van der Waals surface area contributed by atoms with E-state index in [0.717, 1.165) is 11.3 Å². The van der Waals surface area contributed by atoms with Crippen LogP contribution in [0.15, 0.2) is 24.3 Å². The normalized spacial score (nSPS) is 12.8. The Hall–Kier alpha value is -0.633. The molecule has 1 aromatic carbocycles. The van der Waals surface area contributed by atoms with Gasteiger partial charge in [-0.05, 0) is 55.9 Å². The van der Waals surface area contributed by atoms with Gasteiger partial charge in [-0.15, -0.1) is 0 Å². The predicted octanol–water partition coefficient (Wildman–Crippen LogP) is 6.55. The predicted molar refractivity (Wildman–Crippen MR) is 119 cm³/mol. The first-order valence-corrected chi connectivity index (χ1v) is 14.2. The third-order valence-electron chi connectivity index (χ3n) is 4.47. The van der Waals surface area contributed by atoms with Crippen molar-refractivity contribution in [3.8, 4) is 0 Å². The van der Waals surface area contributed by atoms with Gasteiger partial charge in [-0.1, -0.05) is 54.5 Å². The second-order valence-corrected chi connectivity index (χ2v) is 16.4. The first-order chi connectivity index (χ1) is 11.9. The summed E-state index contributed by atoms with van der Waals surface area (Å²) in [5, 5.41) is 2.97. The maximum absolute atomic E-state index is 11.9. The van der Waals surface area contributed by atoms with Gasteiger partial charge in [0.25, 0.3) is 0 Å². The van der Waals surface area contributed by atoms with E-state index in [1.807, 2.05) is 30.5 Å². The molecule has 0 aliphatic heterocycles. The summed E-state index contributed by atoms with van der Waals surface area (Å²) < 4.78 is 11.4. The summed E-state index contributed by atoms with van der Waals surface area (Å²) in [6.45, 7) is 16.3. The standard InChI is InChI=1S/C19H33NO3S2Si/c1-18(2,3)26(7,8)23-13-15-9-11-16(12-10-15)20-17(21)22-14-19(4,5)25-24-6/h9-12H,13-14H2,1-8H3,(H,20,21). The average Bonchev–Trinajstić information content (AvgIpc) is 2.51. The summed E-state index contributed by atoms with van der Waals surface area (Å²) in [4.78, 5) is 11.9. The highest BCUT2D eigenvalue weighted by Crippen LogP contribution is 2.37. The Bertz CT molecular complexity index is 583. The number of nitrogens with one attached hydrogen (secondary N) is 1. The summed E-state index contributed by atoms with van der Waals surface area (Å²) in [5.74, 6) is 0. The number of anilines is 1. The molecule has 26 heavy (non-hydrogen) atoms. The van der Waals surface area contributed by atoms with Crippen molar-refractivity contribution in [2.24, 2.45) is 0 Å². The average molecular weight is 416 g/mol. The fourth-order valence-corrected chi connectivity index (χ4v) is 4.82.